The SMILES string of the molecule is C=CN/C=C(\C=C(/C)N1CCCCC1)c1cc(NC)cnc1Cl. The standard InChI is InChI=1S/C18H25ClN4/c1-4-21-12-15(10-14(2)23-8-6-5-7-9-23)17-11-16(20-3)13-22-18(17)19/h4,10-13,20-21H,1,5-9H2,2-3H3/b14-10+,15-12+. The summed E-state index contributed by atoms with van der Waals surface area (Å²) in [5, 5.41) is 6.64. The number of nitrogens with zero attached hydrogens (tertiary/aromatic N) is 2. The van der Waals surface area contributed by atoms with Gasteiger partial charge in [-0.1, -0.05) is 18.2 Å². The third kappa shape index (κ3) is 4.76. The normalized spacial score (nSPS) is 16.2. The second kappa shape index (κ2) is 8.63. The van der Waals surface area contributed by atoms with Gasteiger partial charge in [-0.2, -0.15) is 0 Å². The summed E-state index contributed by atoms with van der Waals surface area (Å²) in [4.78, 5) is 6.69. The van der Waals surface area contributed by atoms with Gasteiger partial charge in [0.2, 0.25) is 0 Å². The van der Waals surface area contributed by atoms with Crippen molar-refractivity contribution < 1.29 is 0 Å². The van der Waals surface area contributed by atoms with Crippen LogP contribution in [-0.4, -0.2) is 30.0 Å². The van der Waals surface area contributed by atoms with Crippen LogP contribution in [0.3, 0.4) is 0 Å². The van der Waals surface area contributed by atoms with Crippen molar-refractivity contribution in [2.75, 3.05) is 25.5 Å². The van der Waals surface area contributed by atoms with E-state index in [9.17, 15) is 0 Å². The molecular formula is C18H25ClN4. The lowest BCUT2D eigenvalue weighted by Gasteiger charge is -2.29. The number of hydrogen-bond acceptors (Lipinski definition) is 4. The molecule has 1 aromatic heterocycles. The minimum Gasteiger partial charge on any atom is -0.387 e. The molecule has 0 saturated carbocycles. The van der Waals surface area contributed by atoms with E-state index >= 15 is 0 Å². The summed E-state index contributed by atoms with van der Waals surface area (Å²) in [6, 6.07) is 2.01. The molecule has 1 aliphatic rings. The number of rotatable bonds is 6. The van der Waals surface area contributed by atoms with E-state index in [1.54, 1.807) is 12.4 Å². The zero-order valence-corrected chi connectivity index (χ0v) is 14.7. The lowest BCUT2D eigenvalue weighted by molar-refractivity contribution is 0.286. The van der Waals surface area contributed by atoms with Gasteiger partial charge < -0.3 is 15.5 Å². The van der Waals surface area contributed by atoms with Crippen LogP contribution in [0.15, 0.2) is 43.0 Å². The number of halogens is 1. The first-order valence-corrected chi connectivity index (χ1v) is 8.37. The molecule has 5 heteroatoms. The van der Waals surface area contributed by atoms with Gasteiger partial charge in [-0.3, -0.25) is 0 Å². The maximum Gasteiger partial charge on any atom is 0.137 e. The van der Waals surface area contributed by atoms with Gasteiger partial charge in [0.15, 0.2) is 0 Å². The molecule has 0 amide bonds. The first kappa shape index (κ1) is 17.4. The summed E-state index contributed by atoms with van der Waals surface area (Å²) in [7, 11) is 1.87. The van der Waals surface area contributed by atoms with Crippen molar-refractivity contribution >= 4 is 22.9 Å². The number of aromatic nitrogens is 1. The Kier molecular flexibility index (Phi) is 6.53. The van der Waals surface area contributed by atoms with Crippen LogP contribution in [0.1, 0.15) is 31.7 Å². The van der Waals surface area contributed by atoms with E-state index in [-0.39, 0.29) is 0 Å². The van der Waals surface area contributed by atoms with Crippen LogP contribution >= 0.6 is 11.6 Å². The van der Waals surface area contributed by atoms with E-state index in [4.69, 9.17) is 11.6 Å². The summed E-state index contributed by atoms with van der Waals surface area (Å²) >= 11 is 6.32. The van der Waals surface area contributed by atoms with E-state index in [0.29, 0.717) is 5.15 Å². The molecule has 1 aliphatic heterocycles. The smallest absolute Gasteiger partial charge is 0.137 e. The predicted octanol–water partition coefficient (Wildman–Crippen LogP) is 4.24. The van der Waals surface area contributed by atoms with Crippen LogP contribution in [0, 0.1) is 0 Å². The molecule has 124 valence electrons. The average Bonchev–Trinajstić information content (AvgIpc) is 2.59. The average molecular weight is 333 g/mol. The molecular weight excluding hydrogens is 308 g/mol. The number of nitrogens with one attached hydrogen (secondary N) is 2. The number of anilines is 1. The Morgan fingerprint density at radius 3 is 2.74 bits per heavy atom. The Hall–Kier alpha value is -1.94. The maximum atomic E-state index is 6.32. The highest BCUT2D eigenvalue weighted by Gasteiger charge is 2.13. The van der Waals surface area contributed by atoms with Crippen LogP contribution in [0.4, 0.5) is 5.69 Å². The van der Waals surface area contributed by atoms with Crippen molar-refractivity contribution in [3.05, 3.63) is 53.7 Å². The van der Waals surface area contributed by atoms with Crippen molar-refractivity contribution in [2.24, 2.45) is 0 Å². The van der Waals surface area contributed by atoms with E-state index < -0.39 is 0 Å². The number of allylic oxidation sites excluding steroid dienone is 3. The molecule has 0 aromatic carbocycles. The van der Waals surface area contributed by atoms with Gasteiger partial charge in [-0.05, 0) is 44.5 Å². The fraction of sp³-hybridized carbons (Fsp3) is 0.389. The van der Waals surface area contributed by atoms with Gasteiger partial charge in [0, 0.05) is 43.2 Å². The number of hydrogen-bond donors (Lipinski definition) is 2. The topological polar surface area (TPSA) is 40.2 Å². The summed E-state index contributed by atoms with van der Waals surface area (Å²) in [6.07, 6.45) is 11.3. The fourth-order valence-electron chi connectivity index (χ4n) is 2.70. The van der Waals surface area contributed by atoms with Gasteiger partial charge in [-0.15, -0.1) is 0 Å². The number of pyridine rings is 1. The van der Waals surface area contributed by atoms with Crippen molar-refractivity contribution in [3.8, 4) is 0 Å². The van der Waals surface area contributed by atoms with Crippen molar-refractivity contribution in [3.63, 3.8) is 0 Å². The number of likely N-dealkylation sites (tertiary alicyclic amines) is 1. The van der Waals surface area contributed by atoms with E-state index in [1.165, 1.54) is 25.0 Å². The lowest BCUT2D eigenvalue weighted by atomic mass is 10.1. The predicted molar refractivity (Wildman–Crippen MR) is 99.3 cm³/mol. The van der Waals surface area contributed by atoms with Crippen molar-refractivity contribution in [1.82, 2.24) is 15.2 Å². The Balaban J connectivity index is 2.35. The molecule has 1 fully saturated rings. The Morgan fingerprint density at radius 2 is 2.09 bits per heavy atom. The summed E-state index contributed by atoms with van der Waals surface area (Å²) in [5.41, 5.74) is 4.05. The van der Waals surface area contributed by atoms with Gasteiger partial charge in [-0.25, -0.2) is 4.98 Å². The molecule has 2 heterocycles. The Morgan fingerprint density at radius 1 is 1.35 bits per heavy atom. The third-order valence-electron chi connectivity index (χ3n) is 4.01. The van der Waals surface area contributed by atoms with Gasteiger partial charge >= 0.3 is 0 Å². The first-order chi connectivity index (χ1) is 11.2. The van der Waals surface area contributed by atoms with Gasteiger partial charge in [0.25, 0.3) is 0 Å². The van der Waals surface area contributed by atoms with Crippen molar-refractivity contribution in [1.29, 1.82) is 0 Å². The molecule has 0 bridgehead atoms. The monoisotopic (exact) mass is 332 g/mol. The first-order valence-electron chi connectivity index (χ1n) is 7.99. The zero-order valence-electron chi connectivity index (χ0n) is 13.9. The summed E-state index contributed by atoms with van der Waals surface area (Å²) in [6.45, 7) is 8.09. The molecule has 1 aromatic rings. The quantitative estimate of drug-likeness (QED) is 0.604. The molecule has 0 unspecified atom stereocenters. The Labute approximate surface area is 143 Å². The maximum absolute atomic E-state index is 6.32. The highest BCUT2D eigenvalue weighted by atomic mass is 35.5. The summed E-state index contributed by atoms with van der Waals surface area (Å²) in [5.74, 6) is 0. The Bertz CT molecular complexity index is 601. The molecule has 4 nitrogen and oxygen atoms in total. The molecule has 2 N–H and O–H groups in total. The van der Waals surface area contributed by atoms with E-state index in [0.717, 1.165) is 29.9 Å². The molecule has 0 aliphatic carbocycles. The van der Waals surface area contributed by atoms with Crippen LogP contribution in [0.5, 0.6) is 0 Å². The van der Waals surface area contributed by atoms with Crippen LogP contribution in [-0.2, 0) is 0 Å². The highest BCUT2D eigenvalue weighted by Crippen LogP contribution is 2.27. The van der Waals surface area contributed by atoms with Crippen LogP contribution in [0.2, 0.25) is 5.15 Å². The largest absolute Gasteiger partial charge is 0.387 e. The molecule has 0 spiro atoms. The zero-order chi connectivity index (χ0) is 16.7. The van der Waals surface area contributed by atoms with Crippen molar-refractivity contribution in [2.45, 2.75) is 26.2 Å². The molecule has 0 radical (unpaired) electrons. The summed E-state index contributed by atoms with van der Waals surface area (Å²) < 4.78 is 0. The fourth-order valence-corrected chi connectivity index (χ4v) is 2.91. The van der Waals surface area contributed by atoms with Crippen LogP contribution < -0.4 is 10.6 Å². The number of piperidine rings is 1. The lowest BCUT2D eigenvalue weighted by Crippen LogP contribution is -2.28. The molecule has 0 atom stereocenters. The second-order valence-electron chi connectivity index (χ2n) is 5.62. The minimum atomic E-state index is 0.490. The van der Waals surface area contributed by atoms with E-state index in [1.807, 2.05) is 19.3 Å². The third-order valence-corrected chi connectivity index (χ3v) is 4.32. The minimum absolute atomic E-state index is 0.490. The highest BCUT2D eigenvalue weighted by molar-refractivity contribution is 6.31. The van der Waals surface area contributed by atoms with Gasteiger partial charge in [0.1, 0.15) is 5.15 Å². The molecule has 1 saturated heterocycles. The van der Waals surface area contributed by atoms with Crippen LogP contribution in [0.25, 0.3) is 5.57 Å². The molecule has 23 heavy (non-hydrogen) atoms. The van der Waals surface area contributed by atoms with Gasteiger partial charge in [0.05, 0.1) is 11.9 Å². The van der Waals surface area contributed by atoms with E-state index in [2.05, 4.69) is 40.1 Å². The molecule has 2 rings (SSSR count). The second-order valence-corrected chi connectivity index (χ2v) is 5.97.